The van der Waals surface area contributed by atoms with Crippen molar-refractivity contribution in [3.05, 3.63) is 24.3 Å². The third kappa shape index (κ3) is 4.29. The number of benzene rings is 1. The quantitative estimate of drug-likeness (QED) is 0.644. The summed E-state index contributed by atoms with van der Waals surface area (Å²) < 4.78 is 5.58. The number of hydrogen-bond acceptors (Lipinski definition) is 5. The van der Waals surface area contributed by atoms with E-state index in [0.29, 0.717) is 36.4 Å². The van der Waals surface area contributed by atoms with Crippen LogP contribution in [0.25, 0.3) is 0 Å². The zero-order valence-electron chi connectivity index (χ0n) is 20.6. The summed E-state index contributed by atoms with van der Waals surface area (Å²) in [6, 6.07) is 6.90. The van der Waals surface area contributed by atoms with Crippen LogP contribution in [0.1, 0.15) is 58.3 Å². The second kappa shape index (κ2) is 8.90. The molecular formula is C27H37N3O4. The summed E-state index contributed by atoms with van der Waals surface area (Å²) in [5.41, 5.74) is 1.42. The van der Waals surface area contributed by atoms with E-state index in [0.717, 1.165) is 31.4 Å². The first-order valence-electron chi connectivity index (χ1n) is 12.8. The molecule has 5 aliphatic rings. The SMILES string of the molecule is CC(OC(=O)C1CCCN1C(=O)C12CC3CC(CC(C3)C1)C2)C(=O)Nc1ccc(N(C)C)cc1. The number of amides is 2. The first-order valence-corrected chi connectivity index (χ1v) is 12.8. The molecule has 4 aliphatic carbocycles. The topological polar surface area (TPSA) is 78.9 Å². The molecule has 34 heavy (non-hydrogen) atoms. The summed E-state index contributed by atoms with van der Waals surface area (Å²) >= 11 is 0. The molecular weight excluding hydrogens is 430 g/mol. The number of carbonyl (C=O) groups is 3. The predicted octanol–water partition coefficient (Wildman–Crippen LogP) is 3.83. The Labute approximate surface area is 202 Å². The van der Waals surface area contributed by atoms with Gasteiger partial charge in [-0.1, -0.05) is 0 Å². The molecule has 1 saturated heterocycles. The van der Waals surface area contributed by atoms with Crippen molar-refractivity contribution in [2.45, 2.75) is 70.4 Å². The van der Waals surface area contributed by atoms with Gasteiger partial charge in [-0.2, -0.15) is 0 Å². The highest BCUT2D eigenvalue weighted by molar-refractivity contribution is 5.96. The van der Waals surface area contributed by atoms with E-state index in [-0.39, 0.29) is 17.2 Å². The number of nitrogens with zero attached hydrogens (tertiary/aromatic N) is 2. The van der Waals surface area contributed by atoms with Crippen molar-refractivity contribution in [1.82, 2.24) is 4.90 Å². The van der Waals surface area contributed by atoms with E-state index in [4.69, 9.17) is 4.74 Å². The van der Waals surface area contributed by atoms with E-state index in [1.807, 2.05) is 43.3 Å². The number of likely N-dealkylation sites (tertiary alicyclic amines) is 1. The number of nitrogens with one attached hydrogen (secondary N) is 1. The van der Waals surface area contributed by atoms with Crippen LogP contribution in [-0.2, 0) is 19.1 Å². The number of rotatable bonds is 6. The molecule has 6 rings (SSSR count). The molecule has 184 valence electrons. The van der Waals surface area contributed by atoms with E-state index in [9.17, 15) is 14.4 Å². The van der Waals surface area contributed by atoms with E-state index >= 15 is 0 Å². The third-order valence-corrected chi connectivity index (χ3v) is 8.59. The highest BCUT2D eigenvalue weighted by Crippen LogP contribution is 2.60. The summed E-state index contributed by atoms with van der Waals surface area (Å²) in [4.78, 5) is 43.3. The van der Waals surface area contributed by atoms with Gasteiger partial charge in [-0.3, -0.25) is 9.59 Å². The molecule has 1 aliphatic heterocycles. The van der Waals surface area contributed by atoms with Gasteiger partial charge in [0.2, 0.25) is 5.91 Å². The number of ether oxygens (including phenoxy) is 1. The van der Waals surface area contributed by atoms with Crippen molar-refractivity contribution in [1.29, 1.82) is 0 Å². The average Bonchev–Trinajstić information content (AvgIpc) is 3.28. The van der Waals surface area contributed by atoms with Crippen molar-refractivity contribution in [2.24, 2.45) is 23.2 Å². The fourth-order valence-electron chi connectivity index (χ4n) is 7.33. The average molecular weight is 468 g/mol. The summed E-state index contributed by atoms with van der Waals surface area (Å²) in [5.74, 6) is 1.38. The first-order chi connectivity index (χ1) is 16.2. The molecule has 0 spiro atoms. The molecule has 0 aromatic heterocycles. The standard InChI is InChI=1S/C27H37N3O4/c1-17(24(31)28-21-6-8-22(9-7-21)29(2)3)34-25(32)23-5-4-10-30(23)26(33)27-14-18-11-19(15-27)13-20(12-18)16-27/h6-9,17-20,23H,4-5,10-16H2,1-3H3,(H,28,31). The van der Waals surface area contributed by atoms with Crippen LogP contribution in [0.5, 0.6) is 0 Å². The van der Waals surface area contributed by atoms with Crippen molar-refractivity contribution >= 4 is 29.2 Å². The van der Waals surface area contributed by atoms with E-state index in [1.165, 1.54) is 19.3 Å². The van der Waals surface area contributed by atoms with Crippen LogP contribution < -0.4 is 10.2 Å². The Morgan fingerprint density at radius 1 is 1.03 bits per heavy atom. The minimum Gasteiger partial charge on any atom is -0.451 e. The number of hydrogen-bond donors (Lipinski definition) is 1. The van der Waals surface area contributed by atoms with Crippen molar-refractivity contribution in [2.75, 3.05) is 30.9 Å². The zero-order chi connectivity index (χ0) is 24.0. The fraction of sp³-hybridized carbons (Fsp3) is 0.667. The fourth-order valence-corrected chi connectivity index (χ4v) is 7.33. The van der Waals surface area contributed by atoms with Crippen LogP contribution in [0, 0.1) is 23.2 Å². The molecule has 4 bridgehead atoms. The number of esters is 1. The summed E-state index contributed by atoms with van der Waals surface area (Å²) in [5, 5.41) is 2.81. The lowest BCUT2D eigenvalue weighted by Gasteiger charge is -2.56. The molecule has 4 saturated carbocycles. The number of carbonyl (C=O) groups excluding carboxylic acids is 3. The van der Waals surface area contributed by atoms with Gasteiger partial charge in [0.1, 0.15) is 6.04 Å². The Morgan fingerprint density at radius 3 is 2.18 bits per heavy atom. The molecule has 7 nitrogen and oxygen atoms in total. The predicted molar refractivity (Wildman–Crippen MR) is 130 cm³/mol. The maximum Gasteiger partial charge on any atom is 0.329 e. The monoisotopic (exact) mass is 467 g/mol. The van der Waals surface area contributed by atoms with Crippen molar-refractivity contribution in [3.63, 3.8) is 0 Å². The second-order valence-corrected chi connectivity index (χ2v) is 11.4. The third-order valence-electron chi connectivity index (χ3n) is 8.59. The van der Waals surface area contributed by atoms with Gasteiger partial charge in [0.25, 0.3) is 5.91 Å². The Kier molecular flexibility index (Phi) is 6.07. The largest absolute Gasteiger partial charge is 0.451 e. The van der Waals surface area contributed by atoms with E-state index < -0.39 is 18.1 Å². The van der Waals surface area contributed by atoms with Gasteiger partial charge < -0.3 is 19.9 Å². The molecule has 1 heterocycles. The molecule has 1 N–H and O–H groups in total. The summed E-state index contributed by atoms with van der Waals surface area (Å²) in [6.45, 7) is 2.20. The Hall–Kier alpha value is -2.57. The molecule has 2 atom stereocenters. The minimum atomic E-state index is -0.932. The minimum absolute atomic E-state index is 0.170. The summed E-state index contributed by atoms with van der Waals surface area (Å²) in [7, 11) is 3.91. The lowest BCUT2D eigenvalue weighted by atomic mass is 9.49. The van der Waals surface area contributed by atoms with Crippen LogP contribution in [0.4, 0.5) is 11.4 Å². The molecule has 0 radical (unpaired) electrons. The van der Waals surface area contributed by atoms with Crippen molar-refractivity contribution in [3.8, 4) is 0 Å². The molecule has 1 aromatic carbocycles. The van der Waals surface area contributed by atoms with Crippen LogP contribution in [-0.4, -0.2) is 55.5 Å². The van der Waals surface area contributed by atoms with Crippen LogP contribution in [0.15, 0.2) is 24.3 Å². The van der Waals surface area contributed by atoms with Gasteiger partial charge in [0.05, 0.1) is 5.41 Å². The molecule has 7 heteroatoms. The lowest BCUT2D eigenvalue weighted by Crippen LogP contribution is -2.56. The normalized spacial score (nSPS) is 32.4. The molecule has 2 amide bonds. The Bertz CT molecular complexity index is 922. The highest BCUT2D eigenvalue weighted by Gasteiger charge is 2.57. The van der Waals surface area contributed by atoms with Gasteiger partial charge in [0, 0.05) is 32.0 Å². The van der Waals surface area contributed by atoms with Gasteiger partial charge in [-0.15, -0.1) is 0 Å². The van der Waals surface area contributed by atoms with Gasteiger partial charge >= 0.3 is 5.97 Å². The Morgan fingerprint density at radius 2 is 1.62 bits per heavy atom. The Balaban J connectivity index is 1.20. The second-order valence-electron chi connectivity index (χ2n) is 11.4. The van der Waals surface area contributed by atoms with E-state index in [2.05, 4.69) is 5.32 Å². The van der Waals surface area contributed by atoms with Gasteiger partial charge in [-0.05, 0) is 100 Å². The van der Waals surface area contributed by atoms with E-state index in [1.54, 1.807) is 11.8 Å². The highest BCUT2D eigenvalue weighted by atomic mass is 16.5. The van der Waals surface area contributed by atoms with Gasteiger partial charge in [-0.25, -0.2) is 4.79 Å². The molecule has 1 aromatic rings. The number of anilines is 2. The van der Waals surface area contributed by atoms with Gasteiger partial charge in [0.15, 0.2) is 6.10 Å². The van der Waals surface area contributed by atoms with Crippen molar-refractivity contribution < 1.29 is 19.1 Å². The maximum atomic E-state index is 13.8. The lowest BCUT2D eigenvalue weighted by molar-refractivity contribution is -0.168. The van der Waals surface area contributed by atoms with Crippen LogP contribution in [0.3, 0.4) is 0 Å². The molecule has 2 unspecified atom stereocenters. The first kappa shape index (κ1) is 23.2. The van der Waals surface area contributed by atoms with Crippen LogP contribution >= 0.6 is 0 Å². The smallest absolute Gasteiger partial charge is 0.329 e. The summed E-state index contributed by atoms with van der Waals surface area (Å²) in [6.07, 6.45) is 7.28. The zero-order valence-corrected chi connectivity index (χ0v) is 20.6. The maximum absolute atomic E-state index is 13.8. The van der Waals surface area contributed by atoms with Crippen LogP contribution in [0.2, 0.25) is 0 Å². The molecule has 5 fully saturated rings.